The van der Waals surface area contributed by atoms with Crippen LogP contribution in [0.15, 0.2) is 24.3 Å². The van der Waals surface area contributed by atoms with Gasteiger partial charge in [-0.1, -0.05) is 78.4 Å². The molecule has 2 heterocycles. The molecule has 6 atom stereocenters. The minimum absolute atomic E-state index is 0.000202. The van der Waals surface area contributed by atoms with E-state index in [-0.39, 0.29) is 41.5 Å². The average Bonchev–Trinajstić information content (AvgIpc) is 3.80. The average molecular weight is 718 g/mol. The number of imide groups is 1. The van der Waals surface area contributed by atoms with Gasteiger partial charge in [-0.3, -0.25) is 38.5 Å². The van der Waals surface area contributed by atoms with Crippen LogP contribution in [0.1, 0.15) is 138 Å². The lowest BCUT2D eigenvalue weighted by Gasteiger charge is -2.41. The largest absolute Gasteiger partial charge is 0.347 e. The molecule has 6 rings (SSSR count). The van der Waals surface area contributed by atoms with E-state index < -0.39 is 70.8 Å². The summed E-state index contributed by atoms with van der Waals surface area (Å²) in [6.07, 6.45) is 10.5. The standard InChI is InChI=1S/C40H55N5O7/c1-5-13-28(32(46)36(49)41-25-20-21-25)42-34(47)30-22-24-16-9-12-19-29(24)44(30)39(52)33(40(2,3)4)43-35(48)31(23-14-7-6-8-15-23)45-37(50)26-17-10-11-18-27(26)38(45)51/h10-11,17-18,23-25,28-31,33H,5-9,12-16,19-22H2,1-4H3,(H,41,49)(H,42,47)(H,43,48)/t24-,28-,29-,30-,31?,33+/m0/s1. The number of amides is 6. The monoisotopic (exact) mass is 717 g/mol. The Morgan fingerprint density at radius 3 is 2.04 bits per heavy atom. The van der Waals surface area contributed by atoms with Gasteiger partial charge < -0.3 is 20.9 Å². The molecule has 6 amide bonds. The molecular formula is C40H55N5O7. The first kappa shape index (κ1) is 37.7. The Bertz CT molecular complexity index is 1560. The number of benzene rings is 1. The van der Waals surface area contributed by atoms with Crippen LogP contribution in [0.3, 0.4) is 0 Å². The smallest absolute Gasteiger partial charge is 0.289 e. The van der Waals surface area contributed by atoms with Gasteiger partial charge in [-0.05, 0) is 80.8 Å². The number of Topliss-reactive ketones (excluding diaryl/α,β-unsaturated/α-hetero) is 1. The van der Waals surface area contributed by atoms with Crippen LogP contribution in [-0.2, 0) is 24.0 Å². The number of nitrogens with one attached hydrogen (secondary N) is 3. The topological polar surface area (TPSA) is 162 Å². The SMILES string of the molecule is CCC[C@H](NC(=O)[C@@H]1C[C@@H]2CCCC[C@@H]2N1C(=O)[C@@H](NC(=O)C(C1CCCCC1)N1C(=O)c2ccccc2C1=O)C(C)(C)C)C(=O)C(=O)NC1CC1. The molecule has 0 aromatic heterocycles. The van der Waals surface area contributed by atoms with Crippen LogP contribution < -0.4 is 16.0 Å². The number of likely N-dealkylation sites (tertiary alicyclic amines) is 1. The Kier molecular flexibility index (Phi) is 11.2. The van der Waals surface area contributed by atoms with Crippen molar-refractivity contribution in [3.05, 3.63) is 35.4 Å². The summed E-state index contributed by atoms with van der Waals surface area (Å²) in [6, 6.07) is 2.32. The quantitative estimate of drug-likeness (QED) is 0.217. The van der Waals surface area contributed by atoms with E-state index in [1.54, 1.807) is 29.2 Å². The fraction of sp³-hybridized carbons (Fsp3) is 0.675. The van der Waals surface area contributed by atoms with Crippen molar-refractivity contribution in [1.82, 2.24) is 25.8 Å². The van der Waals surface area contributed by atoms with Gasteiger partial charge in [-0.2, -0.15) is 0 Å². The Morgan fingerprint density at radius 1 is 0.827 bits per heavy atom. The molecule has 1 aromatic rings. The molecule has 2 aliphatic heterocycles. The Balaban J connectivity index is 1.27. The molecule has 1 unspecified atom stereocenters. The molecule has 0 bridgehead atoms. The predicted molar refractivity (Wildman–Crippen MR) is 193 cm³/mol. The van der Waals surface area contributed by atoms with E-state index >= 15 is 0 Å². The second kappa shape index (κ2) is 15.5. The van der Waals surface area contributed by atoms with E-state index in [1.165, 1.54) is 0 Å². The van der Waals surface area contributed by atoms with Gasteiger partial charge in [0.15, 0.2) is 0 Å². The van der Waals surface area contributed by atoms with Crippen LogP contribution in [-0.4, -0.2) is 87.3 Å². The Hall–Kier alpha value is -4.09. The minimum atomic E-state index is -1.09. The molecule has 12 nitrogen and oxygen atoms in total. The highest BCUT2D eigenvalue weighted by atomic mass is 16.2. The van der Waals surface area contributed by atoms with E-state index in [1.807, 2.05) is 27.7 Å². The van der Waals surface area contributed by atoms with E-state index in [9.17, 15) is 33.6 Å². The van der Waals surface area contributed by atoms with E-state index in [0.29, 0.717) is 32.1 Å². The first-order valence-corrected chi connectivity index (χ1v) is 19.6. The first-order valence-electron chi connectivity index (χ1n) is 19.6. The van der Waals surface area contributed by atoms with Crippen LogP contribution in [0.25, 0.3) is 0 Å². The van der Waals surface area contributed by atoms with Crippen LogP contribution in [0.5, 0.6) is 0 Å². The highest BCUT2D eigenvalue weighted by molar-refractivity contribution is 6.38. The Morgan fingerprint density at radius 2 is 1.44 bits per heavy atom. The van der Waals surface area contributed by atoms with Gasteiger partial charge in [0.25, 0.3) is 17.7 Å². The molecule has 52 heavy (non-hydrogen) atoms. The molecule has 3 N–H and O–H groups in total. The van der Waals surface area contributed by atoms with Crippen LogP contribution in [0.4, 0.5) is 0 Å². The summed E-state index contributed by atoms with van der Waals surface area (Å²) in [6.45, 7) is 7.44. The molecule has 4 fully saturated rings. The van der Waals surface area contributed by atoms with Gasteiger partial charge in [0.05, 0.1) is 17.2 Å². The zero-order chi connectivity index (χ0) is 37.3. The van der Waals surface area contributed by atoms with Crippen molar-refractivity contribution in [2.24, 2.45) is 17.3 Å². The van der Waals surface area contributed by atoms with Gasteiger partial charge in [-0.25, -0.2) is 0 Å². The van der Waals surface area contributed by atoms with Gasteiger partial charge in [0.1, 0.15) is 18.1 Å². The Labute approximate surface area is 306 Å². The molecule has 5 aliphatic rings. The zero-order valence-electron chi connectivity index (χ0n) is 31.1. The number of fused-ring (bicyclic) bond motifs is 2. The molecular weight excluding hydrogens is 662 g/mol. The maximum absolute atomic E-state index is 15.0. The number of rotatable bonds is 12. The van der Waals surface area contributed by atoms with Crippen LogP contribution in [0.2, 0.25) is 0 Å². The van der Waals surface area contributed by atoms with Crippen LogP contribution >= 0.6 is 0 Å². The van der Waals surface area contributed by atoms with Gasteiger partial charge in [0, 0.05) is 12.1 Å². The highest BCUT2D eigenvalue weighted by Crippen LogP contribution is 2.42. The summed E-state index contributed by atoms with van der Waals surface area (Å²) in [7, 11) is 0. The molecule has 12 heteroatoms. The maximum Gasteiger partial charge on any atom is 0.289 e. The normalized spacial score (nSPS) is 25.1. The lowest BCUT2D eigenvalue weighted by atomic mass is 9.81. The summed E-state index contributed by atoms with van der Waals surface area (Å²) in [4.78, 5) is 99.8. The first-order chi connectivity index (χ1) is 24.8. The van der Waals surface area contributed by atoms with Crippen molar-refractivity contribution in [2.75, 3.05) is 0 Å². The summed E-state index contributed by atoms with van der Waals surface area (Å²) in [5, 5.41) is 8.61. The third-order valence-corrected chi connectivity index (χ3v) is 11.9. The van der Waals surface area contributed by atoms with Gasteiger partial charge >= 0.3 is 0 Å². The van der Waals surface area contributed by atoms with Crippen molar-refractivity contribution in [3.63, 3.8) is 0 Å². The molecule has 1 aromatic carbocycles. The number of carbonyl (C=O) groups is 7. The summed E-state index contributed by atoms with van der Waals surface area (Å²) in [5.74, 6) is -4.00. The molecule has 3 saturated carbocycles. The van der Waals surface area contributed by atoms with Crippen molar-refractivity contribution < 1.29 is 33.6 Å². The lowest BCUT2D eigenvalue weighted by Crippen LogP contribution is -2.63. The van der Waals surface area contributed by atoms with E-state index in [2.05, 4.69) is 16.0 Å². The fourth-order valence-electron chi connectivity index (χ4n) is 8.96. The number of hydrogen-bond acceptors (Lipinski definition) is 7. The van der Waals surface area contributed by atoms with Crippen molar-refractivity contribution >= 4 is 41.2 Å². The third-order valence-electron chi connectivity index (χ3n) is 11.9. The van der Waals surface area contributed by atoms with Crippen molar-refractivity contribution in [3.8, 4) is 0 Å². The number of carbonyl (C=O) groups excluding carboxylic acids is 7. The van der Waals surface area contributed by atoms with Crippen molar-refractivity contribution in [2.45, 2.75) is 154 Å². The third kappa shape index (κ3) is 7.67. The summed E-state index contributed by atoms with van der Waals surface area (Å²) in [5.41, 5.74) is -0.270. The molecule has 3 aliphatic carbocycles. The van der Waals surface area contributed by atoms with E-state index in [4.69, 9.17) is 0 Å². The summed E-state index contributed by atoms with van der Waals surface area (Å²) >= 11 is 0. The second-order valence-corrected chi connectivity index (χ2v) is 16.7. The minimum Gasteiger partial charge on any atom is -0.347 e. The number of nitrogens with zero attached hydrogens (tertiary/aromatic N) is 2. The maximum atomic E-state index is 15.0. The molecule has 1 saturated heterocycles. The van der Waals surface area contributed by atoms with Gasteiger partial charge in [0.2, 0.25) is 23.5 Å². The summed E-state index contributed by atoms with van der Waals surface area (Å²) < 4.78 is 0. The van der Waals surface area contributed by atoms with Crippen molar-refractivity contribution in [1.29, 1.82) is 0 Å². The fourth-order valence-corrected chi connectivity index (χ4v) is 8.96. The number of hydrogen-bond donors (Lipinski definition) is 3. The second-order valence-electron chi connectivity index (χ2n) is 16.7. The molecule has 0 radical (unpaired) electrons. The lowest BCUT2D eigenvalue weighted by molar-refractivity contribution is -0.148. The van der Waals surface area contributed by atoms with Crippen LogP contribution in [0, 0.1) is 17.3 Å². The zero-order valence-corrected chi connectivity index (χ0v) is 31.1. The van der Waals surface area contributed by atoms with E-state index in [0.717, 1.165) is 56.3 Å². The highest BCUT2D eigenvalue weighted by Gasteiger charge is 2.52. The predicted octanol–water partition coefficient (Wildman–Crippen LogP) is 4.05. The number of ketones is 1. The van der Waals surface area contributed by atoms with Gasteiger partial charge in [-0.15, -0.1) is 0 Å². The molecule has 0 spiro atoms. The molecule has 282 valence electrons.